The van der Waals surface area contributed by atoms with Gasteiger partial charge in [-0.1, -0.05) is 17.3 Å². The number of hydrogen-bond acceptors (Lipinski definition) is 6. The van der Waals surface area contributed by atoms with E-state index in [0.29, 0.717) is 35.8 Å². The topological polar surface area (TPSA) is 57.1 Å². The fourth-order valence-corrected chi connectivity index (χ4v) is 3.02. The molecular formula is C18H17NO4S. The molecule has 0 saturated carbocycles. The monoisotopic (exact) mass is 343 g/mol. The van der Waals surface area contributed by atoms with Crippen molar-refractivity contribution in [1.29, 1.82) is 0 Å². The van der Waals surface area contributed by atoms with E-state index in [-0.39, 0.29) is 0 Å². The first-order valence-corrected chi connectivity index (χ1v) is 8.68. The highest BCUT2D eigenvalue weighted by molar-refractivity contribution is 7.98. The first-order chi connectivity index (χ1) is 11.7. The number of benzene rings is 2. The summed E-state index contributed by atoms with van der Waals surface area (Å²) in [5.41, 5.74) is 2.01. The molecule has 1 aliphatic heterocycles. The molecule has 0 radical (unpaired) electrons. The molecular weight excluding hydrogens is 326 g/mol. The average molecular weight is 343 g/mol. The Bertz CT molecular complexity index is 788. The summed E-state index contributed by atoms with van der Waals surface area (Å²) >= 11 is 1.49. The number of fused-ring (bicyclic) bond motifs is 1. The van der Waals surface area contributed by atoms with E-state index < -0.39 is 5.97 Å². The van der Waals surface area contributed by atoms with Crippen LogP contribution in [0.15, 0.2) is 52.5 Å². The number of rotatable bonds is 4. The van der Waals surface area contributed by atoms with E-state index in [4.69, 9.17) is 14.3 Å². The standard InChI is InChI=1S/C18H17NO4S/c1-21-12-7-8-13-15(9-10-22-16(13)11-12)19-23-18(20)14-5-3-4-6-17(14)24-2/h3-8,11H,9-10H2,1-2H3. The van der Waals surface area contributed by atoms with E-state index in [1.165, 1.54) is 11.8 Å². The van der Waals surface area contributed by atoms with Crippen molar-refractivity contribution in [2.24, 2.45) is 5.16 Å². The van der Waals surface area contributed by atoms with Crippen molar-refractivity contribution in [3.05, 3.63) is 53.6 Å². The molecule has 0 fully saturated rings. The molecule has 0 aromatic heterocycles. The summed E-state index contributed by atoms with van der Waals surface area (Å²) in [7, 11) is 1.60. The molecule has 6 heteroatoms. The van der Waals surface area contributed by atoms with E-state index >= 15 is 0 Å². The van der Waals surface area contributed by atoms with Crippen LogP contribution in [0.25, 0.3) is 0 Å². The number of hydrogen-bond donors (Lipinski definition) is 0. The number of oxime groups is 1. The number of thioether (sulfide) groups is 1. The van der Waals surface area contributed by atoms with Gasteiger partial charge in [0.15, 0.2) is 0 Å². The first-order valence-electron chi connectivity index (χ1n) is 7.45. The minimum atomic E-state index is -0.464. The van der Waals surface area contributed by atoms with Crippen molar-refractivity contribution in [2.45, 2.75) is 11.3 Å². The van der Waals surface area contributed by atoms with Gasteiger partial charge in [-0.25, -0.2) is 4.79 Å². The highest BCUT2D eigenvalue weighted by Crippen LogP contribution is 2.29. The highest BCUT2D eigenvalue weighted by Gasteiger charge is 2.19. The lowest BCUT2D eigenvalue weighted by Gasteiger charge is -2.19. The van der Waals surface area contributed by atoms with E-state index in [2.05, 4.69) is 5.16 Å². The van der Waals surface area contributed by atoms with Crippen LogP contribution in [0.2, 0.25) is 0 Å². The molecule has 2 aromatic rings. The molecule has 0 N–H and O–H groups in total. The Balaban J connectivity index is 1.82. The number of nitrogens with zero attached hydrogens (tertiary/aromatic N) is 1. The lowest BCUT2D eigenvalue weighted by molar-refractivity contribution is 0.0510. The van der Waals surface area contributed by atoms with Crippen LogP contribution < -0.4 is 9.47 Å². The molecule has 1 aliphatic rings. The van der Waals surface area contributed by atoms with E-state index in [0.717, 1.165) is 10.5 Å². The number of methoxy groups -OCH3 is 1. The van der Waals surface area contributed by atoms with Crippen molar-refractivity contribution in [3.8, 4) is 11.5 Å². The van der Waals surface area contributed by atoms with Crippen LogP contribution in [0.3, 0.4) is 0 Å². The van der Waals surface area contributed by atoms with Gasteiger partial charge < -0.3 is 14.3 Å². The van der Waals surface area contributed by atoms with Crippen LogP contribution in [0.4, 0.5) is 0 Å². The van der Waals surface area contributed by atoms with Gasteiger partial charge in [0.25, 0.3) is 0 Å². The Labute approximate surface area is 144 Å². The summed E-state index contributed by atoms with van der Waals surface area (Å²) in [6.45, 7) is 0.484. The third-order valence-corrected chi connectivity index (χ3v) is 4.46. The number of ether oxygens (including phenoxy) is 2. The molecule has 0 aliphatic carbocycles. The maximum absolute atomic E-state index is 12.3. The molecule has 0 bridgehead atoms. The quantitative estimate of drug-likeness (QED) is 0.481. The second-order valence-corrected chi connectivity index (χ2v) is 5.93. The zero-order chi connectivity index (χ0) is 16.9. The average Bonchev–Trinajstić information content (AvgIpc) is 2.65. The molecule has 2 aromatic carbocycles. The fourth-order valence-electron chi connectivity index (χ4n) is 2.43. The fraction of sp³-hybridized carbons (Fsp3) is 0.222. The number of carbonyl (C=O) groups is 1. The van der Waals surface area contributed by atoms with Crippen LogP contribution in [0, 0.1) is 0 Å². The molecule has 0 spiro atoms. The molecule has 5 nitrogen and oxygen atoms in total. The Morgan fingerprint density at radius 2 is 2.08 bits per heavy atom. The second-order valence-electron chi connectivity index (χ2n) is 5.08. The molecule has 0 amide bonds. The van der Waals surface area contributed by atoms with Crippen molar-refractivity contribution in [2.75, 3.05) is 20.0 Å². The Kier molecular flexibility index (Phi) is 5.05. The van der Waals surface area contributed by atoms with Gasteiger partial charge in [-0.15, -0.1) is 11.8 Å². The lowest BCUT2D eigenvalue weighted by atomic mass is 10.0. The molecule has 3 rings (SSSR count). The smallest absolute Gasteiger partial charge is 0.366 e. The van der Waals surface area contributed by atoms with E-state index in [1.807, 2.05) is 30.5 Å². The summed E-state index contributed by atoms with van der Waals surface area (Å²) < 4.78 is 10.8. The van der Waals surface area contributed by atoms with Crippen LogP contribution in [-0.2, 0) is 4.84 Å². The molecule has 0 saturated heterocycles. The normalized spacial score (nSPS) is 14.7. The van der Waals surface area contributed by atoms with E-state index in [9.17, 15) is 4.79 Å². The molecule has 0 unspecified atom stereocenters. The SMILES string of the molecule is COc1ccc2c(c1)OCCC2=NOC(=O)c1ccccc1SC. The molecule has 0 atom stereocenters. The Hall–Kier alpha value is -2.47. The van der Waals surface area contributed by atoms with Crippen molar-refractivity contribution in [3.63, 3.8) is 0 Å². The zero-order valence-electron chi connectivity index (χ0n) is 13.4. The van der Waals surface area contributed by atoms with Gasteiger partial charge in [0.2, 0.25) is 0 Å². The van der Waals surface area contributed by atoms with Crippen molar-refractivity contribution < 1.29 is 19.1 Å². The summed E-state index contributed by atoms with van der Waals surface area (Å²) in [6.07, 6.45) is 2.50. The van der Waals surface area contributed by atoms with Crippen LogP contribution >= 0.6 is 11.8 Å². The zero-order valence-corrected chi connectivity index (χ0v) is 14.3. The summed E-state index contributed by atoms with van der Waals surface area (Å²) in [5.74, 6) is 0.926. The summed E-state index contributed by atoms with van der Waals surface area (Å²) in [6, 6.07) is 12.8. The highest BCUT2D eigenvalue weighted by atomic mass is 32.2. The third kappa shape index (κ3) is 3.38. The second kappa shape index (κ2) is 7.40. The summed E-state index contributed by atoms with van der Waals surface area (Å²) in [5, 5.41) is 4.07. The largest absolute Gasteiger partial charge is 0.497 e. The maximum atomic E-state index is 12.3. The van der Waals surface area contributed by atoms with Gasteiger partial charge in [-0.3, -0.25) is 0 Å². The minimum absolute atomic E-state index is 0.464. The van der Waals surface area contributed by atoms with Gasteiger partial charge in [0.05, 0.1) is 25.0 Å². The van der Waals surface area contributed by atoms with Crippen molar-refractivity contribution in [1.82, 2.24) is 0 Å². The number of carbonyl (C=O) groups excluding carboxylic acids is 1. The first kappa shape index (κ1) is 16.4. The Morgan fingerprint density at radius 1 is 1.25 bits per heavy atom. The molecule has 124 valence electrons. The Morgan fingerprint density at radius 3 is 2.88 bits per heavy atom. The van der Waals surface area contributed by atoms with Gasteiger partial charge >= 0.3 is 5.97 Å². The van der Waals surface area contributed by atoms with Gasteiger partial charge in [-0.05, 0) is 30.5 Å². The molecule has 1 heterocycles. The van der Waals surface area contributed by atoms with Crippen LogP contribution in [0.1, 0.15) is 22.3 Å². The lowest BCUT2D eigenvalue weighted by Crippen LogP contribution is -2.17. The predicted molar refractivity (Wildman–Crippen MR) is 93.3 cm³/mol. The third-order valence-electron chi connectivity index (χ3n) is 3.66. The van der Waals surface area contributed by atoms with E-state index in [1.54, 1.807) is 25.3 Å². The predicted octanol–water partition coefficient (Wildman–Crippen LogP) is 3.76. The van der Waals surface area contributed by atoms with Gasteiger partial charge in [-0.2, -0.15) is 0 Å². The van der Waals surface area contributed by atoms with Gasteiger partial charge in [0, 0.05) is 22.9 Å². The maximum Gasteiger partial charge on any atom is 0.366 e. The van der Waals surface area contributed by atoms with Crippen LogP contribution in [0.5, 0.6) is 11.5 Å². The van der Waals surface area contributed by atoms with Gasteiger partial charge in [0.1, 0.15) is 11.5 Å². The van der Waals surface area contributed by atoms with Crippen LogP contribution in [-0.4, -0.2) is 31.7 Å². The summed E-state index contributed by atoms with van der Waals surface area (Å²) in [4.78, 5) is 18.3. The minimum Gasteiger partial charge on any atom is -0.497 e. The molecule has 24 heavy (non-hydrogen) atoms. The van der Waals surface area contributed by atoms with Crippen molar-refractivity contribution >= 4 is 23.4 Å².